The molecule has 1 aliphatic heterocycles. The number of carboxylic acid groups (broad SMARTS) is 1. The quantitative estimate of drug-likeness (QED) is 0.899. The summed E-state index contributed by atoms with van der Waals surface area (Å²) in [6, 6.07) is 7.61. The van der Waals surface area contributed by atoms with Gasteiger partial charge in [0.05, 0.1) is 5.41 Å². The highest BCUT2D eigenvalue weighted by atomic mass is 16.5. The molecule has 1 aromatic rings. The molecule has 4 heteroatoms. The lowest BCUT2D eigenvalue weighted by molar-refractivity contribution is -0.147. The van der Waals surface area contributed by atoms with Gasteiger partial charge in [-0.05, 0) is 37.6 Å². The minimum atomic E-state index is -0.701. The van der Waals surface area contributed by atoms with Gasteiger partial charge >= 0.3 is 5.97 Å². The van der Waals surface area contributed by atoms with Crippen LogP contribution in [0.15, 0.2) is 24.3 Å². The number of hydrogen-bond acceptors (Lipinski definition) is 3. The van der Waals surface area contributed by atoms with E-state index in [1.165, 1.54) is 0 Å². The summed E-state index contributed by atoms with van der Waals surface area (Å²) in [7, 11) is 2.07. The molecule has 4 nitrogen and oxygen atoms in total. The number of aliphatic carboxylic acids is 1. The number of likely N-dealkylation sites (tertiary alicyclic amines) is 1. The fourth-order valence-electron chi connectivity index (χ4n) is 2.92. The molecule has 0 atom stereocenters. The molecule has 0 amide bonds. The first-order valence-corrected chi connectivity index (χ1v) is 6.79. The summed E-state index contributed by atoms with van der Waals surface area (Å²) in [4.78, 5) is 13.6. The minimum absolute atomic E-state index is 0.271. The molecule has 1 N–H and O–H groups in total. The standard InChI is InChI=1S/C15H19NO3/c1-16-9-13(10-16)19-12-5-3-11(4-6-12)15(14(17)18)7-2-8-15/h3-6,13H,2,7-10H2,1H3,(H,17,18). The van der Waals surface area contributed by atoms with Crippen LogP contribution < -0.4 is 4.74 Å². The Bertz CT molecular complexity index is 473. The van der Waals surface area contributed by atoms with Crippen molar-refractivity contribution in [2.45, 2.75) is 30.8 Å². The normalized spacial score (nSPS) is 22.4. The van der Waals surface area contributed by atoms with Crippen LogP contribution in [0.5, 0.6) is 5.75 Å². The van der Waals surface area contributed by atoms with Crippen LogP contribution in [0.3, 0.4) is 0 Å². The Hall–Kier alpha value is -1.55. The van der Waals surface area contributed by atoms with E-state index in [2.05, 4.69) is 11.9 Å². The summed E-state index contributed by atoms with van der Waals surface area (Å²) in [5.41, 5.74) is 0.263. The third-order valence-corrected chi connectivity index (χ3v) is 4.36. The number of rotatable bonds is 4. The van der Waals surface area contributed by atoms with Crippen molar-refractivity contribution < 1.29 is 14.6 Å². The number of hydrogen-bond donors (Lipinski definition) is 1. The molecule has 1 aromatic carbocycles. The summed E-state index contributed by atoms with van der Waals surface area (Å²) in [6.07, 6.45) is 2.76. The molecular formula is C15H19NO3. The maximum Gasteiger partial charge on any atom is 0.314 e. The number of likely N-dealkylation sites (N-methyl/N-ethyl adjacent to an activating group) is 1. The van der Waals surface area contributed by atoms with Crippen molar-refractivity contribution in [3.05, 3.63) is 29.8 Å². The van der Waals surface area contributed by atoms with Crippen molar-refractivity contribution in [2.75, 3.05) is 20.1 Å². The Labute approximate surface area is 113 Å². The Morgan fingerprint density at radius 2 is 1.95 bits per heavy atom. The smallest absolute Gasteiger partial charge is 0.314 e. The van der Waals surface area contributed by atoms with E-state index in [4.69, 9.17) is 4.74 Å². The van der Waals surface area contributed by atoms with Crippen LogP contribution in [0.2, 0.25) is 0 Å². The van der Waals surface area contributed by atoms with Crippen LogP contribution in [0, 0.1) is 0 Å². The molecule has 3 rings (SSSR count). The molecule has 1 saturated carbocycles. The lowest BCUT2D eigenvalue weighted by atomic mass is 9.64. The molecule has 1 heterocycles. The van der Waals surface area contributed by atoms with Crippen molar-refractivity contribution in [1.29, 1.82) is 0 Å². The van der Waals surface area contributed by atoms with E-state index in [-0.39, 0.29) is 6.10 Å². The molecule has 0 radical (unpaired) electrons. The molecule has 19 heavy (non-hydrogen) atoms. The minimum Gasteiger partial charge on any atom is -0.488 e. The fourth-order valence-corrected chi connectivity index (χ4v) is 2.92. The van der Waals surface area contributed by atoms with Gasteiger partial charge in [-0.3, -0.25) is 9.69 Å². The Morgan fingerprint density at radius 1 is 1.32 bits per heavy atom. The van der Waals surface area contributed by atoms with Gasteiger partial charge in [0.15, 0.2) is 0 Å². The maximum absolute atomic E-state index is 11.4. The van der Waals surface area contributed by atoms with Gasteiger partial charge in [-0.1, -0.05) is 18.6 Å². The Balaban J connectivity index is 1.70. The molecule has 0 unspecified atom stereocenters. The van der Waals surface area contributed by atoms with E-state index in [0.29, 0.717) is 0 Å². The summed E-state index contributed by atoms with van der Waals surface area (Å²) in [6.45, 7) is 1.92. The number of carbonyl (C=O) groups is 1. The first-order chi connectivity index (χ1) is 9.10. The highest BCUT2D eigenvalue weighted by Crippen LogP contribution is 2.44. The maximum atomic E-state index is 11.4. The fraction of sp³-hybridized carbons (Fsp3) is 0.533. The highest BCUT2D eigenvalue weighted by Gasteiger charge is 2.45. The van der Waals surface area contributed by atoms with Gasteiger partial charge in [0.2, 0.25) is 0 Å². The molecule has 2 aliphatic rings. The van der Waals surface area contributed by atoms with Crippen LogP contribution in [0.4, 0.5) is 0 Å². The van der Waals surface area contributed by atoms with Crippen LogP contribution in [-0.4, -0.2) is 42.2 Å². The van der Waals surface area contributed by atoms with E-state index in [1.54, 1.807) is 0 Å². The van der Waals surface area contributed by atoms with E-state index in [0.717, 1.165) is 43.7 Å². The van der Waals surface area contributed by atoms with Gasteiger partial charge in [-0.15, -0.1) is 0 Å². The lowest BCUT2D eigenvalue weighted by Gasteiger charge is -2.38. The zero-order valence-electron chi connectivity index (χ0n) is 11.1. The lowest BCUT2D eigenvalue weighted by Crippen LogP contribution is -2.51. The molecule has 0 bridgehead atoms. The van der Waals surface area contributed by atoms with E-state index in [1.807, 2.05) is 24.3 Å². The van der Waals surface area contributed by atoms with Crippen LogP contribution in [0.1, 0.15) is 24.8 Å². The van der Waals surface area contributed by atoms with Crippen LogP contribution in [0.25, 0.3) is 0 Å². The van der Waals surface area contributed by atoms with Gasteiger partial charge in [0, 0.05) is 13.1 Å². The number of ether oxygens (including phenoxy) is 1. The summed E-state index contributed by atoms with van der Waals surface area (Å²) in [5.74, 6) is 0.134. The highest BCUT2D eigenvalue weighted by molar-refractivity contribution is 5.82. The van der Waals surface area contributed by atoms with Gasteiger partial charge in [0.1, 0.15) is 11.9 Å². The Morgan fingerprint density at radius 3 is 2.37 bits per heavy atom. The molecule has 102 valence electrons. The number of benzene rings is 1. The summed E-state index contributed by atoms with van der Waals surface area (Å²) >= 11 is 0. The van der Waals surface area contributed by atoms with Gasteiger partial charge in [0.25, 0.3) is 0 Å². The second-order valence-electron chi connectivity index (χ2n) is 5.73. The van der Waals surface area contributed by atoms with Gasteiger partial charge in [-0.2, -0.15) is 0 Å². The molecule has 1 aliphatic carbocycles. The molecule has 0 aromatic heterocycles. The molecule has 1 saturated heterocycles. The number of carboxylic acids is 1. The average molecular weight is 261 g/mol. The third-order valence-electron chi connectivity index (χ3n) is 4.36. The zero-order chi connectivity index (χ0) is 13.5. The zero-order valence-corrected chi connectivity index (χ0v) is 11.1. The van der Waals surface area contributed by atoms with Crippen molar-refractivity contribution >= 4 is 5.97 Å². The summed E-state index contributed by atoms with van der Waals surface area (Å²) < 4.78 is 5.81. The van der Waals surface area contributed by atoms with Crippen molar-refractivity contribution in [3.63, 3.8) is 0 Å². The van der Waals surface area contributed by atoms with Crippen LogP contribution >= 0.6 is 0 Å². The molecule has 0 spiro atoms. The second kappa shape index (κ2) is 4.53. The monoisotopic (exact) mass is 261 g/mol. The van der Waals surface area contributed by atoms with Crippen LogP contribution in [-0.2, 0) is 10.2 Å². The topological polar surface area (TPSA) is 49.8 Å². The van der Waals surface area contributed by atoms with E-state index >= 15 is 0 Å². The Kier molecular flexibility index (Phi) is 2.97. The first-order valence-electron chi connectivity index (χ1n) is 6.79. The molecular weight excluding hydrogens is 242 g/mol. The first kappa shape index (κ1) is 12.5. The van der Waals surface area contributed by atoms with Crippen molar-refractivity contribution in [3.8, 4) is 5.75 Å². The SMILES string of the molecule is CN1CC(Oc2ccc(C3(C(=O)O)CCC3)cc2)C1. The van der Waals surface area contributed by atoms with E-state index in [9.17, 15) is 9.90 Å². The second-order valence-corrected chi connectivity index (χ2v) is 5.73. The summed E-state index contributed by atoms with van der Waals surface area (Å²) in [5, 5.41) is 9.39. The van der Waals surface area contributed by atoms with Gasteiger partial charge in [-0.25, -0.2) is 0 Å². The largest absolute Gasteiger partial charge is 0.488 e. The van der Waals surface area contributed by atoms with Crippen molar-refractivity contribution in [1.82, 2.24) is 4.90 Å². The van der Waals surface area contributed by atoms with Crippen molar-refractivity contribution in [2.24, 2.45) is 0 Å². The predicted octanol–water partition coefficient (Wildman–Crippen LogP) is 1.89. The molecule has 2 fully saturated rings. The van der Waals surface area contributed by atoms with E-state index < -0.39 is 11.4 Å². The average Bonchev–Trinajstić information content (AvgIpc) is 2.27. The number of nitrogens with zero attached hydrogens (tertiary/aromatic N) is 1. The third kappa shape index (κ3) is 2.10. The predicted molar refractivity (Wildman–Crippen MR) is 71.5 cm³/mol. The van der Waals surface area contributed by atoms with Gasteiger partial charge < -0.3 is 9.84 Å².